The molecule has 3 heterocycles. The lowest BCUT2D eigenvalue weighted by Crippen LogP contribution is -2.15. The SMILES string of the molecule is CC1CCc2c(sc3nc(C(C)Sc4nnc(-c5ccccc5)o4)[nH]c(=O)c23)C1. The minimum absolute atomic E-state index is 0.0417. The summed E-state index contributed by atoms with van der Waals surface area (Å²) in [7, 11) is 0. The standard InChI is InChI=1S/C21H20N4O2S2/c1-11-8-9-14-15(10-11)29-20-16(14)18(26)22-17(23-20)12(2)28-21-25-24-19(27-21)13-6-4-3-5-7-13/h3-7,11-12H,8-10H2,1-2H3,(H,22,23,26). The minimum atomic E-state index is -0.116. The third-order valence-electron chi connectivity index (χ3n) is 5.27. The van der Waals surface area contributed by atoms with Crippen molar-refractivity contribution in [1.82, 2.24) is 20.2 Å². The zero-order valence-corrected chi connectivity index (χ0v) is 17.8. The third kappa shape index (κ3) is 3.51. The number of thioether (sulfide) groups is 1. The molecule has 1 aliphatic rings. The summed E-state index contributed by atoms with van der Waals surface area (Å²) in [5.74, 6) is 1.79. The van der Waals surface area contributed by atoms with Crippen LogP contribution in [0.5, 0.6) is 0 Å². The Morgan fingerprint density at radius 2 is 2.10 bits per heavy atom. The molecule has 0 saturated carbocycles. The Labute approximate surface area is 175 Å². The topological polar surface area (TPSA) is 84.7 Å². The number of aromatic amines is 1. The number of benzene rings is 1. The van der Waals surface area contributed by atoms with Crippen LogP contribution in [0, 0.1) is 5.92 Å². The molecule has 6 nitrogen and oxygen atoms in total. The van der Waals surface area contributed by atoms with Crippen LogP contribution in [0.2, 0.25) is 0 Å². The largest absolute Gasteiger partial charge is 0.411 e. The van der Waals surface area contributed by atoms with E-state index >= 15 is 0 Å². The summed E-state index contributed by atoms with van der Waals surface area (Å²) >= 11 is 3.06. The predicted octanol–water partition coefficient (Wildman–Crippen LogP) is 5.01. The number of hydrogen-bond acceptors (Lipinski definition) is 7. The van der Waals surface area contributed by atoms with Crippen molar-refractivity contribution in [3.05, 3.63) is 57.0 Å². The number of aromatic nitrogens is 4. The van der Waals surface area contributed by atoms with Gasteiger partial charge in [0.1, 0.15) is 10.7 Å². The molecule has 2 unspecified atom stereocenters. The van der Waals surface area contributed by atoms with Gasteiger partial charge in [0.15, 0.2) is 0 Å². The van der Waals surface area contributed by atoms with Crippen LogP contribution in [0.1, 0.15) is 41.8 Å². The molecule has 0 amide bonds. The quantitative estimate of drug-likeness (QED) is 0.464. The molecule has 4 aromatic rings. The number of hydrogen-bond donors (Lipinski definition) is 1. The van der Waals surface area contributed by atoms with Gasteiger partial charge in [-0.15, -0.1) is 21.5 Å². The molecule has 0 radical (unpaired) electrons. The molecule has 1 aromatic carbocycles. The summed E-state index contributed by atoms with van der Waals surface area (Å²) in [5.41, 5.74) is 2.04. The van der Waals surface area contributed by atoms with Crippen LogP contribution >= 0.6 is 23.1 Å². The van der Waals surface area contributed by atoms with Crippen molar-refractivity contribution in [2.75, 3.05) is 0 Å². The van der Waals surface area contributed by atoms with Gasteiger partial charge in [-0.3, -0.25) is 4.79 Å². The van der Waals surface area contributed by atoms with Crippen molar-refractivity contribution in [3.63, 3.8) is 0 Å². The fourth-order valence-electron chi connectivity index (χ4n) is 3.72. The fraction of sp³-hybridized carbons (Fsp3) is 0.333. The molecule has 3 aromatic heterocycles. The average molecular weight is 425 g/mol. The molecule has 29 heavy (non-hydrogen) atoms. The van der Waals surface area contributed by atoms with Crippen LogP contribution < -0.4 is 5.56 Å². The zero-order valence-electron chi connectivity index (χ0n) is 16.1. The highest BCUT2D eigenvalue weighted by Gasteiger charge is 2.24. The molecular formula is C21H20N4O2S2. The maximum Gasteiger partial charge on any atom is 0.277 e. The number of nitrogens with zero attached hydrogens (tertiary/aromatic N) is 3. The van der Waals surface area contributed by atoms with Crippen molar-refractivity contribution in [2.45, 2.75) is 43.6 Å². The van der Waals surface area contributed by atoms with Crippen LogP contribution in [-0.2, 0) is 12.8 Å². The van der Waals surface area contributed by atoms with Gasteiger partial charge in [-0.2, -0.15) is 0 Å². The summed E-state index contributed by atoms with van der Waals surface area (Å²) < 4.78 is 5.78. The summed E-state index contributed by atoms with van der Waals surface area (Å²) in [6, 6.07) is 9.66. The Balaban J connectivity index is 1.42. The molecule has 1 N–H and O–H groups in total. The second-order valence-electron chi connectivity index (χ2n) is 7.48. The first-order chi connectivity index (χ1) is 14.1. The number of thiophene rings is 1. The average Bonchev–Trinajstić information content (AvgIpc) is 3.32. The van der Waals surface area contributed by atoms with E-state index in [0.717, 1.165) is 35.0 Å². The van der Waals surface area contributed by atoms with Crippen LogP contribution in [0.4, 0.5) is 0 Å². The highest BCUT2D eigenvalue weighted by molar-refractivity contribution is 7.99. The van der Waals surface area contributed by atoms with Crippen molar-refractivity contribution in [1.29, 1.82) is 0 Å². The monoisotopic (exact) mass is 424 g/mol. The summed E-state index contributed by atoms with van der Waals surface area (Å²) in [6.45, 7) is 4.25. The maximum absolute atomic E-state index is 12.8. The van der Waals surface area contributed by atoms with Crippen LogP contribution in [-0.4, -0.2) is 20.2 Å². The smallest absolute Gasteiger partial charge is 0.277 e. The van der Waals surface area contributed by atoms with E-state index < -0.39 is 0 Å². The van der Waals surface area contributed by atoms with Gasteiger partial charge in [0.25, 0.3) is 10.8 Å². The van der Waals surface area contributed by atoms with Gasteiger partial charge in [-0.05, 0) is 49.8 Å². The van der Waals surface area contributed by atoms with Gasteiger partial charge in [-0.25, -0.2) is 4.98 Å². The van der Waals surface area contributed by atoms with Crippen molar-refractivity contribution < 1.29 is 4.42 Å². The minimum Gasteiger partial charge on any atom is -0.411 e. The molecule has 0 bridgehead atoms. The number of aryl methyl sites for hydroxylation is 1. The summed E-state index contributed by atoms with van der Waals surface area (Å²) in [5, 5.41) is 9.38. The highest BCUT2D eigenvalue weighted by Crippen LogP contribution is 2.38. The summed E-state index contributed by atoms with van der Waals surface area (Å²) in [4.78, 5) is 22.7. The van der Waals surface area contributed by atoms with Crippen LogP contribution in [0.25, 0.3) is 21.7 Å². The summed E-state index contributed by atoms with van der Waals surface area (Å²) in [6.07, 6.45) is 3.14. The molecule has 0 spiro atoms. The fourth-order valence-corrected chi connectivity index (χ4v) is 5.85. The van der Waals surface area contributed by atoms with Crippen LogP contribution in [0.3, 0.4) is 0 Å². The number of nitrogens with one attached hydrogen (secondary N) is 1. The predicted molar refractivity (Wildman–Crippen MR) is 115 cm³/mol. The third-order valence-corrected chi connectivity index (χ3v) is 7.37. The van der Waals surface area contributed by atoms with Crippen LogP contribution in [0.15, 0.2) is 44.8 Å². The number of rotatable bonds is 4. The van der Waals surface area contributed by atoms with Gasteiger partial charge in [-0.1, -0.05) is 36.9 Å². The molecule has 0 aliphatic heterocycles. The molecular weight excluding hydrogens is 404 g/mol. The first-order valence-corrected chi connectivity index (χ1v) is 11.4. The zero-order chi connectivity index (χ0) is 20.0. The second-order valence-corrected chi connectivity index (χ2v) is 9.86. The molecule has 148 valence electrons. The van der Waals surface area contributed by atoms with E-state index in [4.69, 9.17) is 9.40 Å². The first kappa shape index (κ1) is 18.6. The molecule has 1 aliphatic carbocycles. The Morgan fingerprint density at radius 3 is 2.93 bits per heavy atom. The lowest BCUT2D eigenvalue weighted by Gasteiger charge is -2.17. The van der Waals surface area contributed by atoms with Gasteiger partial charge in [0.05, 0.1) is 10.6 Å². The van der Waals surface area contributed by atoms with E-state index in [1.165, 1.54) is 22.2 Å². The van der Waals surface area contributed by atoms with Crippen molar-refractivity contribution >= 4 is 33.3 Å². The Bertz CT molecular complexity index is 1230. The molecule has 8 heteroatoms. The first-order valence-electron chi connectivity index (χ1n) is 9.68. The highest BCUT2D eigenvalue weighted by atomic mass is 32.2. The normalized spacial score (nSPS) is 17.4. The van der Waals surface area contributed by atoms with E-state index in [1.807, 2.05) is 37.3 Å². The Kier molecular flexibility index (Phi) is 4.75. The molecule has 5 rings (SSSR count). The van der Waals surface area contributed by atoms with E-state index in [-0.39, 0.29) is 10.8 Å². The lowest BCUT2D eigenvalue weighted by molar-refractivity contribution is 0.465. The Hall–Kier alpha value is -2.45. The second kappa shape index (κ2) is 7.42. The van der Waals surface area contributed by atoms with Crippen molar-refractivity contribution in [2.24, 2.45) is 5.92 Å². The van der Waals surface area contributed by atoms with Gasteiger partial charge < -0.3 is 9.40 Å². The van der Waals surface area contributed by atoms with E-state index in [2.05, 4.69) is 22.1 Å². The van der Waals surface area contributed by atoms with Gasteiger partial charge in [0, 0.05) is 10.4 Å². The number of H-pyrrole nitrogens is 1. The Morgan fingerprint density at radius 1 is 1.28 bits per heavy atom. The molecule has 0 fully saturated rings. The number of fused-ring (bicyclic) bond motifs is 3. The van der Waals surface area contributed by atoms with Gasteiger partial charge in [0.2, 0.25) is 5.89 Å². The van der Waals surface area contributed by atoms with E-state index in [1.54, 1.807) is 11.3 Å². The van der Waals surface area contributed by atoms with Crippen molar-refractivity contribution in [3.8, 4) is 11.5 Å². The molecule has 2 atom stereocenters. The van der Waals surface area contributed by atoms with E-state index in [9.17, 15) is 4.79 Å². The lowest BCUT2D eigenvalue weighted by atomic mass is 9.89. The maximum atomic E-state index is 12.8. The van der Waals surface area contributed by atoms with Gasteiger partial charge >= 0.3 is 0 Å². The molecule has 0 saturated heterocycles. The van der Waals surface area contributed by atoms with E-state index in [0.29, 0.717) is 22.9 Å².